The fraction of sp³-hybridized carbons (Fsp3) is 0.533. The maximum Gasteiger partial charge on any atom is 0.309 e. The predicted molar refractivity (Wildman–Crippen MR) is 78.5 cm³/mol. The molecule has 1 atom stereocenters. The quantitative estimate of drug-likeness (QED) is 0.721. The van der Waals surface area contributed by atoms with Gasteiger partial charge in [-0.05, 0) is 24.1 Å². The average Bonchev–Trinajstić information content (AvgIpc) is 2.65. The van der Waals surface area contributed by atoms with Crippen molar-refractivity contribution in [2.45, 2.75) is 13.0 Å². The fourth-order valence-corrected chi connectivity index (χ4v) is 2.60. The van der Waals surface area contributed by atoms with Crippen LogP contribution in [-0.2, 0) is 17.8 Å². The molecule has 110 valence electrons. The number of nitrogens with one attached hydrogen (secondary N) is 1. The van der Waals surface area contributed by atoms with Crippen molar-refractivity contribution in [3.05, 3.63) is 35.4 Å². The molecule has 5 nitrogen and oxygen atoms in total. The van der Waals surface area contributed by atoms with Crippen molar-refractivity contribution in [3.8, 4) is 0 Å². The third kappa shape index (κ3) is 4.30. The summed E-state index contributed by atoms with van der Waals surface area (Å²) in [5.41, 5.74) is 8.05. The molecule has 0 unspecified atom stereocenters. The number of rotatable bonds is 5. The molecule has 1 saturated heterocycles. The van der Waals surface area contributed by atoms with E-state index in [2.05, 4.69) is 28.4 Å². The number of benzene rings is 1. The Hall–Kier alpha value is -1.43. The first-order valence-corrected chi connectivity index (χ1v) is 7.13. The molecule has 1 fully saturated rings. The standard InChI is InChI=1S/C15H23N3O2/c16-5-4-12-2-1-3-13(8-12)10-18-7-6-17-9-14(11-18)15(19)20/h1-3,8,14,17H,4-7,9-11,16H2,(H,19,20)/t14-/m0/s1. The lowest BCUT2D eigenvalue weighted by molar-refractivity contribution is -0.142. The Labute approximate surface area is 119 Å². The van der Waals surface area contributed by atoms with Gasteiger partial charge in [0.1, 0.15) is 0 Å². The van der Waals surface area contributed by atoms with Crippen molar-refractivity contribution >= 4 is 5.97 Å². The first kappa shape index (κ1) is 15.0. The van der Waals surface area contributed by atoms with E-state index in [4.69, 9.17) is 5.73 Å². The predicted octanol–water partition coefficient (Wildman–Crippen LogP) is 0.294. The highest BCUT2D eigenvalue weighted by molar-refractivity contribution is 5.70. The van der Waals surface area contributed by atoms with Crippen LogP contribution in [0.25, 0.3) is 0 Å². The first-order chi connectivity index (χ1) is 9.69. The lowest BCUT2D eigenvalue weighted by Gasteiger charge is -2.22. The van der Waals surface area contributed by atoms with Crippen LogP contribution in [0.4, 0.5) is 0 Å². The van der Waals surface area contributed by atoms with E-state index in [0.29, 0.717) is 19.6 Å². The van der Waals surface area contributed by atoms with E-state index in [1.165, 1.54) is 11.1 Å². The molecular weight excluding hydrogens is 254 g/mol. The molecule has 0 aromatic heterocycles. The van der Waals surface area contributed by atoms with Crippen molar-refractivity contribution in [1.29, 1.82) is 0 Å². The largest absolute Gasteiger partial charge is 0.481 e. The maximum absolute atomic E-state index is 11.2. The summed E-state index contributed by atoms with van der Waals surface area (Å²) in [5.74, 6) is -1.05. The molecule has 0 bridgehead atoms. The summed E-state index contributed by atoms with van der Waals surface area (Å²) >= 11 is 0. The van der Waals surface area contributed by atoms with Gasteiger partial charge in [0.2, 0.25) is 0 Å². The van der Waals surface area contributed by atoms with Gasteiger partial charge < -0.3 is 16.2 Å². The first-order valence-electron chi connectivity index (χ1n) is 7.13. The van der Waals surface area contributed by atoms with E-state index in [0.717, 1.165) is 26.1 Å². The Bertz CT molecular complexity index is 450. The van der Waals surface area contributed by atoms with Crippen molar-refractivity contribution < 1.29 is 9.90 Å². The van der Waals surface area contributed by atoms with Gasteiger partial charge in [0.15, 0.2) is 0 Å². The number of aliphatic carboxylic acids is 1. The highest BCUT2D eigenvalue weighted by atomic mass is 16.4. The minimum Gasteiger partial charge on any atom is -0.481 e. The maximum atomic E-state index is 11.2. The molecule has 1 aromatic carbocycles. The topological polar surface area (TPSA) is 78.6 Å². The average molecular weight is 277 g/mol. The molecule has 20 heavy (non-hydrogen) atoms. The third-order valence-corrected chi connectivity index (χ3v) is 3.65. The van der Waals surface area contributed by atoms with Gasteiger partial charge in [-0.3, -0.25) is 9.69 Å². The van der Waals surface area contributed by atoms with Crippen LogP contribution in [-0.4, -0.2) is 48.7 Å². The molecule has 5 heteroatoms. The number of carboxylic acid groups (broad SMARTS) is 1. The van der Waals surface area contributed by atoms with Gasteiger partial charge in [0.25, 0.3) is 0 Å². The summed E-state index contributed by atoms with van der Waals surface area (Å²) in [6, 6.07) is 8.39. The molecule has 1 aliphatic heterocycles. The van der Waals surface area contributed by atoms with Crippen LogP contribution in [0, 0.1) is 5.92 Å². The van der Waals surface area contributed by atoms with Gasteiger partial charge in [-0.15, -0.1) is 0 Å². The van der Waals surface area contributed by atoms with Crippen LogP contribution in [0.2, 0.25) is 0 Å². The van der Waals surface area contributed by atoms with Crippen molar-refractivity contribution in [3.63, 3.8) is 0 Å². The highest BCUT2D eigenvalue weighted by Gasteiger charge is 2.23. The van der Waals surface area contributed by atoms with Gasteiger partial charge in [-0.1, -0.05) is 24.3 Å². The Morgan fingerprint density at radius 1 is 1.45 bits per heavy atom. The molecule has 0 spiro atoms. The van der Waals surface area contributed by atoms with Crippen LogP contribution in [0.1, 0.15) is 11.1 Å². The fourth-order valence-electron chi connectivity index (χ4n) is 2.60. The van der Waals surface area contributed by atoms with E-state index in [9.17, 15) is 9.90 Å². The molecule has 2 rings (SSSR count). The van der Waals surface area contributed by atoms with E-state index < -0.39 is 5.97 Å². The number of carboxylic acids is 1. The molecule has 0 amide bonds. The summed E-state index contributed by atoms with van der Waals surface area (Å²) in [6.45, 7) is 4.32. The highest BCUT2D eigenvalue weighted by Crippen LogP contribution is 2.12. The summed E-state index contributed by atoms with van der Waals surface area (Å²) in [7, 11) is 0. The van der Waals surface area contributed by atoms with Crippen LogP contribution < -0.4 is 11.1 Å². The smallest absolute Gasteiger partial charge is 0.309 e. The lowest BCUT2D eigenvalue weighted by atomic mass is 10.1. The second kappa shape index (κ2) is 7.38. The Morgan fingerprint density at radius 2 is 2.25 bits per heavy atom. The summed E-state index contributed by atoms with van der Waals surface area (Å²) in [4.78, 5) is 13.4. The zero-order valence-corrected chi connectivity index (χ0v) is 11.7. The van der Waals surface area contributed by atoms with E-state index in [1.54, 1.807) is 0 Å². The van der Waals surface area contributed by atoms with Gasteiger partial charge in [0.05, 0.1) is 5.92 Å². The zero-order chi connectivity index (χ0) is 14.4. The number of hydrogen-bond donors (Lipinski definition) is 3. The van der Waals surface area contributed by atoms with E-state index in [-0.39, 0.29) is 5.92 Å². The van der Waals surface area contributed by atoms with Crippen molar-refractivity contribution in [1.82, 2.24) is 10.2 Å². The Kier molecular flexibility index (Phi) is 5.52. The molecular formula is C15H23N3O2. The van der Waals surface area contributed by atoms with Crippen LogP contribution in [0.5, 0.6) is 0 Å². The Morgan fingerprint density at radius 3 is 3.00 bits per heavy atom. The summed E-state index contributed by atoms with van der Waals surface area (Å²) in [6.07, 6.45) is 0.882. The van der Waals surface area contributed by atoms with Gasteiger partial charge in [-0.25, -0.2) is 0 Å². The van der Waals surface area contributed by atoms with Gasteiger partial charge in [0, 0.05) is 32.7 Å². The lowest BCUT2D eigenvalue weighted by Crippen LogP contribution is -2.33. The Balaban J connectivity index is 2.00. The molecule has 4 N–H and O–H groups in total. The van der Waals surface area contributed by atoms with Crippen molar-refractivity contribution in [2.75, 3.05) is 32.7 Å². The van der Waals surface area contributed by atoms with Crippen molar-refractivity contribution in [2.24, 2.45) is 11.7 Å². The molecule has 0 saturated carbocycles. The third-order valence-electron chi connectivity index (χ3n) is 3.65. The second-order valence-corrected chi connectivity index (χ2v) is 5.33. The molecule has 0 aliphatic carbocycles. The molecule has 1 aromatic rings. The normalized spacial score (nSPS) is 20.6. The van der Waals surface area contributed by atoms with Crippen LogP contribution >= 0.6 is 0 Å². The minimum absolute atomic E-state index is 0.329. The molecule has 1 aliphatic rings. The number of hydrogen-bond acceptors (Lipinski definition) is 4. The van der Waals surface area contributed by atoms with Crippen LogP contribution in [0.15, 0.2) is 24.3 Å². The van der Waals surface area contributed by atoms with E-state index >= 15 is 0 Å². The van der Waals surface area contributed by atoms with Crippen LogP contribution in [0.3, 0.4) is 0 Å². The minimum atomic E-state index is -0.721. The van der Waals surface area contributed by atoms with E-state index in [1.807, 2.05) is 6.07 Å². The number of nitrogens with two attached hydrogens (primary N) is 1. The summed E-state index contributed by atoms with van der Waals surface area (Å²) in [5, 5.41) is 12.4. The van der Waals surface area contributed by atoms with Gasteiger partial charge >= 0.3 is 5.97 Å². The summed E-state index contributed by atoms with van der Waals surface area (Å²) < 4.78 is 0. The molecule has 1 heterocycles. The van der Waals surface area contributed by atoms with Gasteiger partial charge in [-0.2, -0.15) is 0 Å². The second-order valence-electron chi connectivity index (χ2n) is 5.33. The SMILES string of the molecule is NCCc1cccc(CN2CCNC[C@H](C(=O)O)C2)c1. The number of carbonyl (C=O) groups is 1. The number of nitrogens with zero attached hydrogens (tertiary/aromatic N) is 1. The zero-order valence-electron chi connectivity index (χ0n) is 11.7. The monoisotopic (exact) mass is 277 g/mol. The molecule has 0 radical (unpaired) electrons.